The van der Waals surface area contributed by atoms with Gasteiger partial charge >= 0.3 is 7.12 Å². The molecule has 0 unspecified atom stereocenters. The van der Waals surface area contributed by atoms with Crippen LogP contribution >= 0.6 is 11.6 Å². The second-order valence-corrected chi connectivity index (χ2v) is 8.23. The van der Waals surface area contributed by atoms with Gasteiger partial charge in [-0.1, -0.05) is 11.6 Å². The predicted octanol–water partition coefficient (Wildman–Crippen LogP) is 3.04. The molecule has 2 aliphatic rings. The molecule has 0 saturated carbocycles. The number of aryl methyl sites for hydroxylation is 1. The predicted molar refractivity (Wildman–Crippen MR) is 92.8 cm³/mol. The van der Waals surface area contributed by atoms with Gasteiger partial charge in [0, 0.05) is 10.6 Å². The summed E-state index contributed by atoms with van der Waals surface area (Å²) < 4.78 is 38.4. The molecule has 2 saturated heterocycles. The number of likely N-dealkylation sites (tertiary alicyclic amines) is 1. The molecule has 0 atom stereocenters. The smallest absolute Gasteiger partial charge is 0.399 e. The molecule has 8 heteroatoms. The summed E-state index contributed by atoms with van der Waals surface area (Å²) >= 11 is 6.16. The summed E-state index contributed by atoms with van der Waals surface area (Å²) in [6, 6.07) is 3.25. The maximum Gasteiger partial charge on any atom is 0.495 e. The Morgan fingerprint density at radius 3 is 2.16 bits per heavy atom. The van der Waals surface area contributed by atoms with Crippen LogP contribution in [0.4, 0.5) is 8.78 Å². The number of carbonyl (C=O) groups excluding carboxylic acids is 1. The summed E-state index contributed by atoms with van der Waals surface area (Å²) in [7, 11) is -0.789. The molecule has 1 aromatic carbocycles. The van der Waals surface area contributed by atoms with Crippen molar-refractivity contribution < 1.29 is 22.9 Å². The highest BCUT2D eigenvalue weighted by Crippen LogP contribution is 2.37. The zero-order valence-electron chi connectivity index (χ0n) is 15.0. The Labute approximate surface area is 151 Å². The largest absolute Gasteiger partial charge is 0.495 e. The Morgan fingerprint density at radius 1 is 1.16 bits per heavy atom. The Balaban J connectivity index is 1.99. The molecule has 4 nitrogen and oxygen atoms in total. The van der Waals surface area contributed by atoms with Gasteiger partial charge in [0.25, 0.3) is 11.8 Å². The van der Waals surface area contributed by atoms with E-state index in [1.807, 2.05) is 27.7 Å². The van der Waals surface area contributed by atoms with E-state index in [9.17, 15) is 13.6 Å². The van der Waals surface area contributed by atoms with Crippen LogP contribution in [0.3, 0.4) is 0 Å². The number of halogens is 3. The molecule has 2 aliphatic heterocycles. The minimum atomic E-state index is -2.82. The van der Waals surface area contributed by atoms with Gasteiger partial charge in [0.2, 0.25) is 0 Å². The highest BCUT2D eigenvalue weighted by atomic mass is 35.5. The zero-order valence-corrected chi connectivity index (χ0v) is 15.7. The summed E-state index contributed by atoms with van der Waals surface area (Å²) in [5.41, 5.74) is 0.232. The molecule has 2 heterocycles. The molecule has 0 spiro atoms. The SMILES string of the molecule is Cc1cc(Cl)cc(B2OC(C)(C)C(C)(C)O2)c1C(=O)N1CC(F)(F)C1. The van der Waals surface area contributed by atoms with Crippen LogP contribution in [0, 0.1) is 6.92 Å². The second-order valence-electron chi connectivity index (χ2n) is 7.79. The molecule has 0 N–H and O–H groups in total. The van der Waals surface area contributed by atoms with Gasteiger partial charge in [-0.3, -0.25) is 4.79 Å². The molecular formula is C17H21BClF2NO3. The number of hydrogen-bond donors (Lipinski definition) is 0. The van der Waals surface area contributed by atoms with E-state index in [4.69, 9.17) is 20.9 Å². The van der Waals surface area contributed by atoms with Gasteiger partial charge in [-0.15, -0.1) is 0 Å². The average Bonchev–Trinajstić information content (AvgIpc) is 2.63. The summed E-state index contributed by atoms with van der Waals surface area (Å²) in [4.78, 5) is 13.9. The van der Waals surface area contributed by atoms with Gasteiger partial charge in [0.15, 0.2) is 0 Å². The standard InChI is InChI=1S/C17H21BClF2NO3/c1-10-6-11(19)7-12(18-24-15(2,3)16(4,5)25-18)13(10)14(23)22-8-17(20,21)9-22/h6-7H,8-9H2,1-5H3. The molecule has 0 aromatic heterocycles. The van der Waals surface area contributed by atoms with Gasteiger partial charge < -0.3 is 14.2 Å². The number of rotatable bonds is 2. The van der Waals surface area contributed by atoms with Crippen LogP contribution in [0.25, 0.3) is 0 Å². The van der Waals surface area contributed by atoms with Gasteiger partial charge in [-0.05, 0) is 57.8 Å². The Kier molecular flexibility index (Phi) is 4.21. The first-order chi connectivity index (χ1) is 11.3. The van der Waals surface area contributed by atoms with Crippen molar-refractivity contribution in [2.24, 2.45) is 0 Å². The van der Waals surface area contributed by atoms with Gasteiger partial charge in [-0.25, -0.2) is 8.78 Å². The van der Waals surface area contributed by atoms with Crippen molar-refractivity contribution in [2.45, 2.75) is 51.7 Å². The van der Waals surface area contributed by atoms with Gasteiger partial charge in [0.05, 0.1) is 24.3 Å². The van der Waals surface area contributed by atoms with Crippen molar-refractivity contribution >= 4 is 30.1 Å². The fourth-order valence-electron chi connectivity index (χ4n) is 3.03. The minimum absolute atomic E-state index is 0.318. The summed E-state index contributed by atoms with van der Waals surface area (Å²) in [5.74, 6) is -3.27. The lowest BCUT2D eigenvalue weighted by Crippen LogP contribution is -2.59. The molecule has 136 valence electrons. The van der Waals surface area contributed by atoms with E-state index in [0.29, 0.717) is 21.6 Å². The van der Waals surface area contributed by atoms with Crippen molar-refractivity contribution in [3.63, 3.8) is 0 Å². The molecule has 3 rings (SSSR count). The van der Waals surface area contributed by atoms with Crippen LogP contribution < -0.4 is 5.46 Å². The van der Waals surface area contributed by atoms with E-state index in [0.717, 1.165) is 4.90 Å². The lowest BCUT2D eigenvalue weighted by atomic mass is 9.74. The number of benzene rings is 1. The zero-order chi connectivity index (χ0) is 18.8. The van der Waals surface area contributed by atoms with Crippen LogP contribution in [0.5, 0.6) is 0 Å². The third-order valence-electron chi connectivity index (χ3n) is 5.18. The number of hydrogen-bond acceptors (Lipinski definition) is 3. The molecule has 0 aliphatic carbocycles. The maximum absolute atomic E-state index is 13.2. The number of nitrogens with zero attached hydrogens (tertiary/aromatic N) is 1. The van der Waals surface area contributed by atoms with Crippen LogP contribution in [0.1, 0.15) is 43.6 Å². The van der Waals surface area contributed by atoms with E-state index in [-0.39, 0.29) is 0 Å². The molecule has 1 aromatic rings. The van der Waals surface area contributed by atoms with Crippen LogP contribution in [-0.4, -0.2) is 48.1 Å². The number of alkyl halides is 2. The van der Waals surface area contributed by atoms with E-state index >= 15 is 0 Å². The topological polar surface area (TPSA) is 38.8 Å². The fraction of sp³-hybridized carbons (Fsp3) is 0.588. The van der Waals surface area contributed by atoms with Crippen molar-refractivity contribution in [2.75, 3.05) is 13.1 Å². The third-order valence-corrected chi connectivity index (χ3v) is 5.40. The summed E-state index contributed by atoms with van der Waals surface area (Å²) in [6.07, 6.45) is 0. The maximum atomic E-state index is 13.2. The van der Waals surface area contributed by atoms with Crippen molar-refractivity contribution in [1.82, 2.24) is 4.90 Å². The quantitative estimate of drug-likeness (QED) is 0.750. The van der Waals surface area contributed by atoms with Crippen molar-refractivity contribution in [3.8, 4) is 0 Å². The van der Waals surface area contributed by atoms with E-state index in [2.05, 4.69) is 0 Å². The minimum Gasteiger partial charge on any atom is -0.399 e. The first-order valence-electron chi connectivity index (χ1n) is 8.16. The van der Waals surface area contributed by atoms with Crippen LogP contribution in [0.15, 0.2) is 12.1 Å². The molecular weight excluding hydrogens is 350 g/mol. The first-order valence-corrected chi connectivity index (χ1v) is 8.54. The Morgan fingerprint density at radius 2 is 1.68 bits per heavy atom. The Hall–Kier alpha value is -1.18. The molecule has 2 fully saturated rings. The molecule has 0 radical (unpaired) electrons. The van der Waals surface area contributed by atoms with Crippen molar-refractivity contribution in [1.29, 1.82) is 0 Å². The molecule has 0 bridgehead atoms. The lowest BCUT2D eigenvalue weighted by Gasteiger charge is -2.39. The monoisotopic (exact) mass is 371 g/mol. The average molecular weight is 372 g/mol. The number of carbonyl (C=O) groups is 1. The highest BCUT2D eigenvalue weighted by Gasteiger charge is 2.53. The van der Waals surface area contributed by atoms with Crippen molar-refractivity contribution in [3.05, 3.63) is 28.3 Å². The molecule has 1 amide bonds. The normalized spacial score (nSPS) is 23.5. The highest BCUT2D eigenvalue weighted by molar-refractivity contribution is 6.64. The van der Waals surface area contributed by atoms with E-state index < -0.39 is 43.2 Å². The molecule has 25 heavy (non-hydrogen) atoms. The summed E-state index contributed by atoms with van der Waals surface area (Å²) in [5, 5.41) is 0.438. The fourth-order valence-corrected chi connectivity index (χ4v) is 3.31. The first kappa shape index (κ1) is 18.6. The van der Waals surface area contributed by atoms with Gasteiger partial charge in [-0.2, -0.15) is 0 Å². The second kappa shape index (κ2) is 5.66. The van der Waals surface area contributed by atoms with Crippen LogP contribution in [-0.2, 0) is 9.31 Å². The lowest BCUT2D eigenvalue weighted by molar-refractivity contribution is -0.113. The van der Waals surface area contributed by atoms with Crippen LogP contribution in [0.2, 0.25) is 5.02 Å². The summed E-state index contributed by atoms with van der Waals surface area (Å²) in [6.45, 7) is 8.20. The Bertz CT molecular complexity index is 715. The third kappa shape index (κ3) is 3.18. The van der Waals surface area contributed by atoms with Gasteiger partial charge in [0.1, 0.15) is 0 Å². The number of amides is 1. The van der Waals surface area contributed by atoms with E-state index in [1.165, 1.54) is 0 Å². The van der Waals surface area contributed by atoms with E-state index in [1.54, 1.807) is 19.1 Å².